The molecule has 9 heteroatoms. The number of benzene rings is 2. The zero-order valence-corrected chi connectivity index (χ0v) is 15.6. The van der Waals surface area contributed by atoms with E-state index in [-0.39, 0.29) is 11.6 Å². The monoisotopic (exact) mass is 386 g/mol. The smallest absolute Gasteiger partial charge is 0.271 e. The number of thioether (sulfide) groups is 1. The Hall–Kier alpha value is -3.07. The van der Waals surface area contributed by atoms with Crippen molar-refractivity contribution in [3.05, 3.63) is 52.6 Å². The van der Waals surface area contributed by atoms with Crippen molar-refractivity contribution in [3.8, 4) is 5.75 Å². The van der Waals surface area contributed by atoms with Crippen molar-refractivity contribution < 1.29 is 14.5 Å². The van der Waals surface area contributed by atoms with Crippen LogP contribution in [-0.2, 0) is 4.79 Å². The van der Waals surface area contributed by atoms with Crippen molar-refractivity contribution >= 4 is 40.1 Å². The van der Waals surface area contributed by atoms with Gasteiger partial charge in [0.15, 0.2) is 5.16 Å². The Morgan fingerprint density at radius 2 is 2.19 bits per heavy atom. The van der Waals surface area contributed by atoms with Gasteiger partial charge < -0.3 is 15.0 Å². The van der Waals surface area contributed by atoms with Crippen LogP contribution < -0.4 is 10.1 Å². The number of fused-ring (bicyclic) bond motifs is 1. The van der Waals surface area contributed by atoms with Crippen LogP contribution in [0.25, 0.3) is 11.0 Å². The number of anilines is 1. The molecule has 2 N–H and O–H groups in total. The quantitative estimate of drug-likeness (QED) is 0.361. The zero-order chi connectivity index (χ0) is 19.4. The summed E-state index contributed by atoms with van der Waals surface area (Å²) in [5, 5.41) is 13.7. The van der Waals surface area contributed by atoms with E-state index in [1.54, 1.807) is 13.0 Å². The molecule has 0 bridgehead atoms. The van der Waals surface area contributed by atoms with Gasteiger partial charge in [-0.25, -0.2) is 4.98 Å². The Morgan fingerprint density at radius 1 is 1.37 bits per heavy atom. The number of carbonyl (C=O) groups is 1. The van der Waals surface area contributed by atoms with E-state index in [0.29, 0.717) is 17.5 Å². The summed E-state index contributed by atoms with van der Waals surface area (Å²) in [6.45, 7) is 4.24. The van der Waals surface area contributed by atoms with Crippen molar-refractivity contribution in [2.75, 3.05) is 11.9 Å². The Kier molecular flexibility index (Phi) is 5.60. The third-order valence-electron chi connectivity index (χ3n) is 3.72. The van der Waals surface area contributed by atoms with Crippen LogP contribution in [0.15, 0.2) is 47.6 Å². The lowest BCUT2D eigenvalue weighted by Crippen LogP contribution is -2.22. The Balaban J connectivity index is 1.68. The predicted octanol–water partition coefficient (Wildman–Crippen LogP) is 3.99. The van der Waals surface area contributed by atoms with Crippen LogP contribution in [0.5, 0.6) is 5.75 Å². The molecule has 0 fully saturated rings. The number of imidazole rings is 1. The first kappa shape index (κ1) is 18.7. The van der Waals surface area contributed by atoms with E-state index in [1.807, 2.05) is 25.1 Å². The van der Waals surface area contributed by atoms with Gasteiger partial charge in [0.2, 0.25) is 5.91 Å². The summed E-state index contributed by atoms with van der Waals surface area (Å²) < 4.78 is 5.47. The fraction of sp³-hybridized carbons (Fsp3) is 0.222. The minimum atomic E-state index is -0.501. The average Bonchev–Trinajstić information content (AvgIpc) is 3.03. The summed E-state index contributed by atoms with van der Waals surface area (Å²) in [6.07, 6.45) is 0. The maximum atomic E-state index is 12.4. The minimum absolute atomic E-state index is 0.0736. The maximum Gasteiger partial charge on any atom is 0.271 e. The number of nitrogens with zero attached hydrogens (tertiary/aromatic N) is 2. The molecule has 0 aliphatic heterocycles. The number of amides is 1. The summed E-state index contributed by atoms with van der Waals surface area (Å²) >= 11 is 1.27. The van der Waals surface area contributed by atoms with Crippen LogP contribution in [0.4, 0.5) is 11.4 Å². The summed E-state index contributed by atoms with van der Waals surface area (Å²) in [5.41, 5.74) is 1.92. The summed E-state index contributed by atoms with van der Waals surface area (Å²) in [5.74, 6) is 0.484. The molecule has 1 amide bonds. The second kappa shape index (κ2) is 8.09. The van der Waals surface area contributed by atoms with Gasteiger partial charge in [0.25, 0.3) is 5.69 Å². The van der Waals surface area contributed by atoms with Gasteiger partial charge in [0, 0.05) is 23.9 Å². The highest BCUT2D eigenvalue weighted by Crippen LogP contribution is 2.27. The molecule has 0 radical (unpaired) electrons. The fourth-order valence-electron chi connectivity index (χ4n) is 2.44. The van der Waals surface area contributed by atoms with Gasteiger partial charge in [-0.3, -0.25) is 14.9 Å². The number of aromatic amines is 1. The Morgan fingerprint density at radius 3 is 2.93 bits per heavy atom. The molecule has 3 aromatic rings. The van der Waals surface area contributed by atoms with Crippen molar-refractivity contribution in [2.24, 2.45) is 0 Å². The highest BCUT2D eigenvalue weighted by Gasteiger charge is 2.18. The van der Waals surface area contributed by atoms with Gasteiger partial charge in [-0.05, 0) is 32.0 Å². The molecule has 1 heterocycles. The SMILES string of the molecule is CCOc1ccc2nc(SC(C)C(=O)Nc3cccc([N+](=O)[O-])c3)[nH]c2c1. The largest absolute Gasteiger partial charge is 0.494 e. The molecule has 0 aliphatic rings. The van der Waals surface area contributed by atoms with E-state index >= 15 is 0 Å². The van der Waals surface area contributed by atoms with Crippen LogP contribution in [0.2, 0.25) is 0 Å². The van der Waals surface area contributed by atoms with E-state index in [1.165, 1.54) is 30.0 Å². The van der Waals surface area contributed by atoms with E-state index in [9.17, 15) is 14.9 Å². The van der Waals surface area contributed by atoms with Crippen molar-refractivity contribution in [1.82, 2.24) is 9.97 Å². The molecule has 8 nitrogen and oxygen atoms in total. The van der Waals surface area contributed by atoms with Gasteiger partial charge in [0.05, 0.1) is 27.8 Å². The van der Waals surface area contributed by atoms with E-state index in [2.05, 4.69) is 15.3 Å². The molecule has 0 saturated carbocycles. The molecule has 140 valence electrons. The Labute approximate surface area is 159 Å². The van der Waals surface area contributed by atoms with Crippen LogP contribution in [0, 0.1) is 10.1 Å². The number of hydrogen-bond acceptors (Lipinski definition) is 6. The number of H-pyrrole nitrogens is 1. The second-order valence-electron chi connectivity index (χ2n) is 5.71. The van der Waals surface area contributed by atoms with Crippen LogP contribution in [-0.4, -0.2) is 32.7 Å². The number of ether oxygens (including phenoxy) is 1. The molecule has 1 unspecified atom stereocenters. The summed E-state index contributed by atoms with van der Waals surface area (Å²) in [4.78, 5) is 30.4. The molecule has 0 spiro atoms. The number of aromatic nitrogens is 2. The maximum absolute atomic E-state index is 12.4. The first-order chi connectivity index (χ1) is 13.0. The lowest BCUT2D eigenvalue weighted by molar-refractivity contribution is -0.384. The van der Waals surface area contributed by atoms with Gasteiger partial charge in [-0.1, -0.05) is 17.8 Å². The predicted molar refractivity (Wildman–Crippen MR) is 104 cm³/mol. The van der Waals surface area contributed by atoms with Crippen LogP contribution in [0.1, 0.15) is 13.8 Å². The molecule has 0 saturated heterocycles. The van der Waals surface area contributed by atoms with Crippen molar-refractivity contribution in [3.63, 3.8) is 0 Å². The van der Waals surface area contributed by atoms with Gasteiger partial charge in [-0.2, -0.15) is 0 Å². The number of hydrogen-bond donors (Lipinski definition) is 2. The van der Waals surface area contributed by atoms with Crippen molar-refractivity contribution in [1.29, 1.82) is 0 Å². The van der Waals surface area contributed by atoms with Gasteiger partial charge >= 0.3 is 0 Å². The van der Waals surface area contributed by atoms with Crippen molar-refractivity contribution in [2.45, 2.75) is 24.3 Å². The number of non-ortho nitro benzene ring substituents is 1. The molecule has 27 heavy (non-hydrogen) atoms. The minimum Gasteiger partial charge on any atom is -0.494 e. The second-order valence-corrected chi connectivity index (χ2v) is 7.04. The lowest BCUT2D eigenvalue weighted by Gasteiger charge is -2.10. The molecule has 0 aliphatic carbocycles. The van der Waals surface area contributed by atoms with E-state index in [4.69, 9.17) is 4.74 Å². The molecule has 1 atom stereocenters. The number of rotatable bonds is 7. The van der Waals surface area contributed by atoms with Gasteiger partial charge in [-0.15, -0.1) is 0 Å². The first-order valence-corrected chi connectivity index (χ1v) is 9.18. The van der Waals surface area contributed by atoms with E-state index < -0.39 is 10.2 Å². The fourth-order valence-corrected chi connectivity index (χ4v) is 3.26. The standard InChI is InChI=1S/C18H18N4O4S/c1-3-26-14-7-8-15-16(10-14)21-18(20-15)27-11(2)17(23)19-12-5-4-6-13(9-12)22(24)25/h4-11H,3H2,1-2H3,(H,19,23)(H,20,21). The summed E-state index contributed by atoms with van der Waals surface area (Å²) in [7, 11) is 0. The highest BCUT2D eigenvalue weighted by molar-refractivity contribution is 8.00. The molecular formula is C18H18N4O4S. The molecule has 3 rings (SSSR count). The number of nitro groups is 1. The first-order valence-electron chi connectivity index (χ1n) is 8.31. The van der Waals surface area contributed by atoms with E-state index in [0.717, 1.165) is 16.8 Å². The number of nitro benzene ring substituents is 1. The molecule has 1 aromatic heterocycles. The molecule has 2 aromatic carbocycles. The third kappa shape index (κ3) is 4.56. The number of nitrogens with one attached hydrogen (secondary N) is 2. The average molecular weight is 386 g/mol. The normalized spacial score (nSPS) is 11.9. The topological polar surface area (TPSA) is 110 Å². The number of carbonyl (C=O) groups excluding carboxylic acids is 1. The summed E-state index contributed by atoms with van der Waals surface area (Å²) in [6, 6.07) is 11.4. The Bertz CT molecular complexity index is 988. The zero-order valence-electron chi connectivity index (χ0n) is 14.8. The highest BCUT2D eigenvalue weighted by atomic mass is 32.2. The lowest BCUT2D eigenvalue weighted by atomic mass is 10.2. The van der Waals surface area contributed by atoms with Crippen LogP contribution in [0.3, 0.4) is 0 Å². The van der Waals surface area contributed by atoms with Crippen LogP contribution >= 0.6 is 11.8 Å². The van der Waals surface area contributed by atoms with Gasteiger partial charge in [0.1, 0.15) is 5.75 Å². The third-order valence-corrected chi connectivity index (χ3v) is 4.71. The molecular weight excluding hydrogens is 368 g/mol.